The van der Waals surface area contributed by atoms with Crippen molar-refractivity contribution in [2.24, 2.45) is 22.2 Å². The van der Waals surface area contributed by atoms with E-state index in [-0.39, 0.29) is 28.8 Å². The number of benzene rings is 1. The Bertz CT molecular complexity index is 1490. The van der Waals surface area contributed by atoms with Gasteiger partial charge in [-0.15, -0.1) is 0 Å². The highest BCUT2D eigenvalue weighted by Crippen LogP contribution is 2.25. The van der Waals surface area contributed by atoms with Crippen LogP contribution in [0.2, 0.25) is 0 Å². The smallest absolute Gasteiger partial charge is 0.262 e. The fourth-order valence-electron chi connectivity index (χ4n) is 5.43. The first kappa shape index (κ1) is 43.5. The monoisotopic (exact) mass is 732 g/mol. The van der Waals surface area contributed by atoms with Crippen LogP contribution in [-0.2, 0) is 21.4 Å². The Balaban J connectivity index is 2.16. The van der Waals surface area contributed by atoms with Crippen molar-refractivity contribution >= 4 is 21.8 Å². The molecule has 0 saturated carbocycles. The van der Waals surface area contributed by atoms with E-state index in [2.05, 4.69) is 31.3 Å². The number of hydrogen-bond donors (Lipinski definition) is 5. The summed E-state index contributed by atoms with van der Waals surface area (Å²) in [5, 5.41) is 25.5. The van der Waals surface area contributed by atoms with Crippen LogP contribution in [0.4, 0.5) is 0 Å². The summed E-state index contributed by atoms with van der Waals surface area (Å²) in [7, 11) is -4.28. The second-order valence-electron chi connectivity index (χ2n) is 14.4. The van der Waals surface area contributed by atoms with E-state index in [1.165, 1.54) is 30.5 Å². The Kier molecular flexibility index (Phi) is 16.9. The third kappa shape index (κ3) is 12.8. The van der Waals surface area contributed by atoms with Gasteiger partial charge in [-0.2, -0.15) is 14.1 Å². The molecule has 0 aliphatic carbocycles. The van der Waals surface area contributed by atoms with Gasteiger partial charge in [-0.3, -0.25) is 19.8 Å². The van der Waals surface area contributed by atoms with Crippen molar-refractivity contribution in [3.63, 3.8) is 0 Å². The molecular weight excluding hydrogens is 677 g/mol. The molecule has 1 aromatic carbocycles. The summed E-state index contributed by atoms with van der Waals surface area (Å²) in [6.07, 6.45) is 5.23. The molecule has 284 valence electrons. The molecule has 2 amide bonds. The molecule has 0 aliphatic rings. The molecule has 1 aromatic heterocycles. The van der Waals surface area contributed by atoms with Crippen LogP contribution in [0.25, 0.3) is 0 Å². The first-order valence-electron chi connectivity index (χ1n) is 17.3. The predicted molar refractivity (Wildman–Crippen MR) is 196 cm³/mol. The van der Waals surface area contributed by atoms with E-state index in [1.54, 1.807) is 51.5 Å². The Labute approximate surface area is 302 Å². The van der Waals surface area contributed by atoms with E-state index in [0.29, 0.717) is 31.6 Å². The summed E-state index contributed by atoms with van der Waals surface area (Å²) in [6, 6.07) is 6.76. The van der Waals surface area contributed by atoms with Crippen molar-refractivity contribution in [3.8, 4) is 0 Å². The average molecular weight is 733 g/mol. The molecule has 3 atom stereocenters. The molecule has 0 bridgehead atoms. The minimum atomic E-state index is -4.28. The molecule has 0 spiro atoms. The Morgan fingerprint density at radius 2 is 1.39 bits per heavy atom. The summed E-state index contributed by atoms with van der Waals surface area (Å²) < 4.78 is 28.9. The minimum absolute atomic E-state index is 0.122. The van der Waals surface area contributed by atoms with E-state index >= 15 is 0 Å². The molecule has 0 radical (unpaired) electrons. The van der Waals surface area contributed by atoms with Crippen LogP contribution in [0.1, 0.15) is 90.6 Å². The highest BCUT2D eigenvalue weighted by Gasteiger charge is 2.38. The van der Waals surface area contributed by atoms with Crippen LogP contribution in [0, 0.1) is 21.6 Å². The topological polar surface area (TPSA) is 212 Å². The lowest BCUT2D eigenvalue weighted by Gasteiger charge is -2.32. The van der Waals surface area contributed by atoms with Gasteiger partial charge in [0.05, 0.1) is 4.90 Å². The number of nitrogens with zero attached hydrogens (tertiary/aromatic N) is 4. The van der Waals surface area contributed by atoms with Crippen molar-refractivity contribution in [1.29, 1.82) is 0 Å². The zero-order chi connectivity index (χ0) is 38.4. The molecule has 1 heterocycles. The van der Waals surface area contributed by atoms with Gasteiger partial charge in [0.25, 0.3) is 11.8 Å². The van der Waals surface area contributed by atoms with Gasteiger partial charge >= 0.3 is 0 Å². The Morgan fingerprint density at radius 1 is 0.863 bits per heavy atom. The zero-order valence-corrected chi connectivity index (χ0v) is 31.9. The van der Waals surface area contributed by atoms with Gasteiger partial charge in [0.1, 0.15) is 18.1 Å². The maximum atomic E-state index is 13.9. The van der Waals surface area contributed by atoms with Gasteiger partial charge in [-0.25, -0.2) is 13.9 Å². The summed E-state index contributed by atoms with van der Waals surface area (Å²) in [5.74, 6) is -1.55. The van der Waals surface area contributed by atoms with E-state index in [0.717, 1.165) is 17.1 Å². The third-order valence-corrected chi connectivity index (χ3v) is 11.5. The number of hydrogen-bond acceptors (Lipinski definition) is 12. The minimum Gasteiger partial charge on any atom is -0.352 e. The Hall–Kier alpha value is -3.70. The van der Waals surface area contributed by atoms with Gasteiger partial charge in [0.2, 0.25) is 10.0 Å². The quantitative estimate of drug-likeness (QED) is 0.0619. The normalized spacial score (nSPS) is 14.8. The lowest BCUT2D eigenvalue weighted by atomic mass is 9.92. The number of hydroxylamine groups is 1. The van der Waals surface area contributed by atoms with Crippen LogP contribution in [-0.4, -0.2) is 83.6 Å². The van der Waals surface area contributed by atoms with Gasteiger partial charge in [-0.1, -0.05) is 30.3 Å². The zero-order valence-electron chi connectivity index (χ0n) is 31.0. The summed E-state index contributed by atoms with van der Waals surface area (Å²) >= 11 is 0. The van der Waals surface area contributed by atoms with Crippen LogP contribution >= 0.6 is 0 Å². The molecule has 5 N–H and O–H groups in total. The van der Waals surface area contributed by atoms with Gasteiger partial charge in [-0.05, 0) is 122 Å². The molecule has 0 saturated heterocycles. The van der Waals surface area contributed by atoms with Gasteiger partial charge in [0.15, 0.2) is 0 Å². The van der Waals surface area contributed by atoms with Gasteiger partial charge < -0.3 is 16.0 Å². The number of aromatic nitrogens is 1. The third-order valence-electron chi connectivity index (χ3n) is 9.61. The number of rotatable bonds is 23. The van der Waals surface area contributed by atoms with E-state index < -0.39 is 51.1 Å². The summed E-state index contributed by atoms with van der Waals surface area (Å²) in [4.78, 5) is 51.9. The van der Waals surface area contributed by atoms with Crippen LogP contribution < -0.4 is 21.4 Å². The van der Waals surface area contributed by atoms with Crippen LogP contribution in [0.3, 0.4) is 0 Å². The molecular formula is C35H56N8O7S. The van der Waals surface area contributed by atoms with Crippen molar-refractivity contribution in [1.82, 2.24) is 30.7 Å². The molecule has 16 heteroatoms. The first-order chi connectivity index (χ1) is 23.9. The molecule has 0 fully saturated rings. The van der Waals surface area contributed by atoms with Crippen molar-refractivity contribution in [2.75, 3.05) is 19.6 Å². The maximum absolute atomic E-state index is 13.9. The maximum Gasteiger partial charge on any atom is 0.262 e. The summed E-state index contributed by atoms with van der Waals surface area (Å²) in [5.41, 5.74) is 1.42. The largest absolute Gasteiger partial charge is 0.352 e. The SMILES string of the molecule is CC(C)C(C(=O)NO)N(Cc1cccnc1)S(=O)(=O)c1ccc(C(=O)NCCC(CCNC(C)(C)C(C)N=O)CCNC(C)(C)C(C)N=O)cc1. The fourth-order valence-corrected chi connectivity index (χ4v) is 7.14. The molecule has 3 unspecified atom stereocenters. The van der Waals surface area contributed by atoms with Crippen LogP contribution in [0.5, 0.6) is 0 Å². The number of amides is 2. The molecule has 0 aliphatic heterocycles. The van der Waals surface area contributed by atoms with Gasteiger partial charge in [0, 0.05) is 42.1 Å². The molecule has 51 heavy (non-hydrogen) atoms. The van der Waals surface area contributed by atoms with Crippen LogP contribution in [0.15, 0.2) is 64.0 Å². The second kappa shape index (κ2) is 19.8. The highest BCUT2D eigenvalue weighted by atomic mass is 32.2. The number of sulfonamides is 1. The number of nitroso groups, excluding NO2 is 2. The lowest BCUT2D eigenvalue weighted by molar-refractivity contribution is -0.134. The molecule has 2 rings (SSSR count). The number of carbonyl (C=O) groups is 2. The Morgan fingerprint density at radius 3 is 1.84 bits per heavy atom. The molecule has 15 nitrogen and oxygen atoms in total. The molecule has 2 aromatic rings. The second-order valence-corrected chi connectivity index (χ2v) is 16.3. The standard InChI is InChI=1S/C35H56N8O7S/c1-24(2)31(33(45)42-48)43(23-28-10-9-18-36-22-28)51(49,50)30-13-11-29(12-14-30)32(44)37-19-15-27(16-20-38-34(5,6)25(3)40-46)17-21-39-35(7,8)26(4)41-47/h9-14,18,22,24-27,31,38-39,48H,15-17,19-21,23H2,1-8H3,(H,37,44)(H,42,45). The van der Waals surface area contributed by atoms with Crippen molar-refractivity contribution in [2.45, 2.75) is 115 Å². The highest BCUT2D eigenvalue weighted by molar-refractivity contribution is 7.89. The number of pyridine rings is 1. The fraction of sp³-hybridized carbons (Fsp3) is 0.629. The summed E-state index contributed by atoms with van der Waals surface area (Å²) in [6.45, 7) is 16.0. The lowest BCUT2D eigenvalue weighted by Crippen LogP contribution is -2.51. The first-order valence-corrected chi connectivity index (χ1v) is 18.7. The van der Waals surface area contributed by atoms with E-state index in [1.807, 2.05) is 27.7 Å². The predicted octanol–water partition coefficient (Wildman–Crippen LogP) is 4.37. The van der Waals surface area contributed by atoms with Crippen molar-refractivity contribution < 1.29 is 23.2 Å². The van der Waals surface area contributed by atoms with E-state index in [4.69, 9.17) is 0 Å². The average Bonchev–Trinajstić information content (AvgIpc) is 3.10. The number of nitrogens with one attached hydrogen (secondary N) is 4. The van der Waals surface area contributed by atoms with E-state index in [9.17, 15) is 33.0 Å². The number of carbonyl (C=O) groups excluding carboxylic acids is 2. The van der Waals surface area contributed by atoms with Crippen molar-refractivity contribution in [3.05, 3.63) is 69.7 Å².